The lowest BCUT2D eigenvalue weighted by atomic mass is 10.2. The number of hydrogen-bond acceptors (Lipinski definition) is 3. The van der Waals surface area contributed by atoms with Crippen LogP contribution in [0.15, 0.2) is 16.6 Å². The minimum absolute atomic E-state index is 0.339. The van der Waals surface area contributed by atoms with E-state index in [4.69, 9.17) is 9.47 Å². The molecule has 0 aromatic heterocycles. The second-order valence-corrected chi connectivity index (χ2v) is 5.06. The maximum absolute atomic E-state index is 5.32. The molecule has 4 heteroatoms. The molecule has 1 aromatic carbocycles. The van der Waals surface area contributed by atoms with E-state index in [2.05, 4.69) is 28.9 Å². The minimum Gasteiger partial charge on any atom is -0.454 e. The first-order chi connectivity index (χ1) is 6.81. The fraction of sp³-hybridized carbons (Fsp3) is 0.400. The van der Waals surface area contributed by atoms with Crippen LogP contribution in [0.2, 0.25) is 0 Å². The van der Waals surface area contributed by atoms with E-state index in [0.29, 0.717) is 6.79 Å². The van der Waals surface area contributed by atoms with E-state index in [9.17, 15) is 0 Å². The number of benzene rings is 1. The molecule has 0 unspecified atom stereocenters. The summed E-state index contributed by atoms with van der Waals surface area (Å²) in [4.78, 5) is 0. The summed E-state index contributed by atoms with van der Waals surface area (Å²) < 4.78 is 11.7. The molecular weight excluding hydrogens is 264 g/mol. The summed E-state index contributed by atoms with van der Waals surface area (Å²) in [6, 6.07) is 4.03. The lowest BCUT2D eigenvalue weighted by molar-refractivity contribution is 0.174. The summed E-state index contributed by atoms with van der Waals surface area (Å²) >= 11 is 5.43. The summed E-state index contributed by atoms with van der Waals surface area (Å²) in [5.41, 5.74) is 1.26. The lowest BCUT2D eigenvalue weighted by Gasteiger charge is -2.05. The van der Waals surface area contributed by atoms with E-state index in [1.54, 1.807) is 0 Å². The normalized spacial score (nSPS) is 13.3. The van der Waals surface area contributed by atoms with Gasteiger partial charge < -0.3 is 9.47 Å². The standard InChI is InChI=1S/C10H11BrO2S/c1-2-14-5-7-3-9-10(4-8(7)11)13-6-12-9/h3-4H,2,5-6H2,1H3. The molecule has 0 saturated heterocycles. The summed E-state index contributed by atoms with van der Waals surface area (Å²) in [6.07, 6.45) is 0. The Morgan fingerprint density at radius 3 is 2.79 bits per heavy atom. The third-order valence-electron chi connectivity index (χ3n) is 2.00. The molecule has 0 bridgehead atoms. The summed E-state index contributed by atoms with van der Waals surface area (Å²) in [6.45, 7) is 2.50. The molecule has 0 N–H and O–H groups in total. The third kappa shape index (κ3) is 2.01. The van der Waals surface area contributed by atoms with E-state index in [-0.39, 0.29) is 0 Å². The predicted molar refractivity (Wildman–Crippen MR) is 62.1 cm³/mol. The van der Waals surface area contributed by atoms with Crippen molar-refractivity contribution in [3.63, 3.8) is 0 Å². The fourth-order valence-electron chi connectivity index (χ4n) is 1.28. The molecule has 2 nitrogen and oxygen atoms in total. The van der Waals surface area contributed by atoms with Gasteiger partial charge in [-0.15, -0.1) is 0 Å². The van der Waals surface area contributed by atoms with Crippen molar-refractivity contribution in [1.29, 1.82) is 0 Å². The molecule has 76 valence electrons. The van der Waals surface area contributed by atoms with E-state index in [1.807, 2.05) is 17.8 Å². The lowest BCUT2D eigenvalue weighted by Crippen LogP contribution is -1.92. The van der Waals surface area contributed by atoms with Gasteiger partial charge in [-0.25, -0.2) is 0 Å². The van der Waals surface area contributed by atoms with Crippen LogP contribution >= 0.6 is 27.7 Å². The zero-order valence-electron chi connectivity index (χ0n) is 7.88. The summed E-state index contributed by atoms with van der Waals surface area (Å²) in [5, 5.41) is 0. The van der Waals surface area contributed by atoms with Gasteiger partial charge in [0, 0.05) is 10.2 Å². The zero-order chi connectivity index (χ0) is 9.97. The van der Waals surface area contributed by atoms with Crippen molar-refractivity contribution in [3.8, 4) is 11.5 Å². The Balaban J connectivity index is 2.23. The molecule has 0 amide bonds. The topological polar surface area (TPSA) is 18.5 Å². The Kier molecular flexibility index (Phi) is 3.23. The second kappa shape index (κ2) is 4.45. The first-order valence-corrected chi connectivity index (χ1v) is 6.41. The van der Waals surface area contributed by atoms with Crippen molar-refractivity contribution in [2.24, 2.45) is 0 Å². The van der Waals surface area contributed by atoms with Crippen LogP contribution in [0, 0.1) is 0 Å². The van der Waals surface area contributed by atoms with Crippen molar-refractivity contribution >= 4 is 27.7 Å². The van der Waals surface area contributed by atoms with Crippen LogP contribution in [-0.4, -0.2) is 12.5 Å². The van der Waals surface area contributed by atoms with Crippen LogP contribution in [0.4, 0.5) is 0 Å². The maximum Gasteiger partial charge on any atom is 0.231 e. The number of fused-ring (bicyclic) bond motifs is 1. The number of rotatable bonds is 3. The zero-order valence-corrected chi connectivity index (χ0v) is 10.3. The largest absolute Gasteiger partial charge is 0.454 e. The molecule has 0 spiro atoms. The molecule has 0 atom stereocenters. The Bertz CT molecular complexity index is 341. The molecule has 14 heavy (non-hydrogen) atoms. The van der Waals surface area contributed by atoms with Crippen molar-refractivity contribution in [1.82, 2.24) is 0 Å². The monoisotopic (exact) mass is 274 g/mol. The van der Waals surface area contributed by atoms with E-state index in [1.165, 1.54) is 5.56 Å². The third-order valence-corrected chi connectivity index (χ3v) is 3.66. The van der Waals surface area contributed by atoms with E-state index >= 15 is 0 Å². The number of hydrogen-bond donors (Lipinski definition) is 0. The summed E-state index contributed by atoms with van der Waals surface area (Å²) in [7, 11) is 0. The second-order valence-electron chi connectivity index (χ2n) is 2.93. The van der Waals surface area contributed by atoms with Gasteiger partial charge in [-0.05, 0) is 23.4 Å². The van der Waals surface area contributed by atoms with Gasteiger partial charge in [-0.1, -0.05) is 22.9 Å². The van der Waals surface area contributed by atoms with Gasteiger partial charge in [0.1, 0.15) is 0 Å². The molecule has 1 aromatic rings. The average Bonchev–Trinajstić information content (AvgIpc) is 2.61. The molecule has 0 aliphatic carbocycles. The predicted octanol–water partition coefficient (Wildman–Crippen LogP) is 3.43. The minimum atomic E-state index is 0.339. The van der Waals surface area contributed by atoms with Gasteiger partial charge in [-0.2, -0.15) is 11.8 Å². The highest BCUT2D eigenvalue weighted by Gasteiger charge is 2.15. The van der Waals surface area contributed by atoms with Crippen LogP contribution in [-0.2, 0) is 5.75 Å². The SMILES string of the molecule is CCSCc1cc2c(cc1Br)OCO2. The van der Waals surface area contributed by atoms with Gasteiger partial charge in [0.25, 0.3) is 0 Å². The Labute approximate surface area is 96.1 Å². The molecule has 0 fully saturated rings. The van der Waals surface area contributed by atoms with Gasteiger partial charge in [-0.3, -0.25) is 0 Å². The van der Waals surface area contributed by atoms with Crippen molar-refractivity contribution in [2.75, 3.05) is 12.5 Å². The Morgan fingerprint density at radius 2 is 2.07 bits per heavy atom. The molecule has 0 radical (unpaired) electrons. The van der Waals surface area contributed by atoms with Gasteiger partial charge in [0.2, 0.25) is 6.79 Å². The average molecular weight is 275 g/mol. The number of halogens is 1. The Morgan fingerprint density at radius 1 is 1.36 bits per heavy atom. The van der Waals surface area contributed by atoms with E-state index in [0.717, 1.165) is 27.5 Å². The number of thioether (sulfide) groups is 1. The molecule has 1 heterocycles. The number of ether oxygens (including phenoxy) is 2. The van der Waals surface area contributed by atoms with E-state index < -0.39 is 0 Å². The molecule has 1 aliphatic rings. The van der Waals surface area contributed by atoms with Gasteiger partial charge in [0.15, 0.2) is 11.5 Å². The van der Waals surface area contributed by atoms with Crippen LogP contribution in [0.25, 0.3) is 0 Å². The van der Waals surface area contributed by atoms with Crippen molar-refractivity contribution in [2.45, 2.75) is 12.7 Å². The van der Waals surface area contributed by atoms with Crippen LogP contribution < -0.4 is 9.47 Å². The molecule has 0 saturated carbocycles. The fourth-order valence-corrected chi connectivity index (χ4v) is 2.59. The molecule has 1 aliphatic heterocycles. The first kappa shape index (κ1) is 10.2. The van der Waals surface area contributed by atoms with Crippen molar-refractivity contribution < 1.29 is 9.47 Å². The van der Waals surface area contributed by atoms with Crippen LogP contribution in [0.3, 0.4) is 0 Å². The first-order valence-electron chi connectivity index (χ1n) is 4.47. The molecule has 2 rings (SSSR count). The Hall–Kier alpha value is -0.350. The highest BCUT2D eigenvalue weighted by Crippen LogP contribution is 2.37. The highest BCUT2D eigenvalue weighted by molar-refractivity contribution is 9.10. The van der Waals surface area contributed by atoms with Crippen LogP contribution in [0.1, 0.15) is 12.5 Å². The maximum atomic E-state index is 5.32. The summed E-state index contributed by atoms with van der Waals surface area (Å²) in [5.74, 6) is 3.83. The smallest absolute Gasteiger partial charge is 0.231 e. The molecular formula is C10H11BrO2S. The highest BCUT2D eigenvalue weighted by atomic mass is 79.9. The van der Waals surface area contributed by atoms with Crippen molar-refractivity contribution in [3.05, 3.63) is 22.2 Å². The van der Waals surface area contributed by atoms with Gasteiger partial charge in [0.05, 0.1) is 0 Å². The van der Waals surface area contributed by atoms with Crippen LogP contribution in [0.5, 0.6) is 11.5 Å². The quantitative estimate of drug-likeness (QED) is 0.842. The van der Waals surface area contributed by atoms with Gasteiger partial charge >= 0.3 is 0 Å².